The molecular formula is C38H39N7O10S2. The van der Waals surface area contributed by atoms with Crippen LogP contribution in [0.15, 0.2) is 72.4 Å². The van der Waals surface area contributed by atoms with E-state index in [4.69, 9.17) is 4.74 Å². The molecule has 0 saturated carbocycles. The van der Waals surface area contributed by atoms with Crippen LogP contribution in [0, 0.1) is 0 Å². The summed E-state index contributed by atoms with van der Waals surface area (Å²) >= 11 is 1.23. The summed E-state index contributed by atoms with van der Waals surface area (Å²) < 4.78 is 30.5. The maximum absolute atomic E-state index is 13.4. The number of unbranched alkanes of at least 4 members (excludes halogenated alkanes) is 1. The Balaban J connectivity index is 0.969. The van der Waals surface area contributed by atoms with Crippen LogP contribution in [0.25, 0.3) is 11.3 Å². The minimum atomic E-state index is -3.62. The Kier molecular flexibility index (Phi) is 12.6. The highest BCUT2D eigenvalue weighted by atomic mass is 32.2. The van der Waals surface area contributed by atoms with Crippen molar-refractivity contribution in [3.05, 3.63) is 89.1 Å². The molecule has 4 aromatic rings. The van der Waals surface area contributed by atoms with Gasteiger partial charge in [-0.3, -0.25) is 47.8 Å². The molecule has 0 spiro atoms. The van der Waals surface area contributed by atoms with E-state index >= 15 is 0 Å². The van der Waals surface area contributed by atoms with Gasteiger partial charge in [0.2, 0.25) is 33.7 Å². The Hall–Kier alpha value is -6.21. The second kappa shape index (κ2) is 17.7. The molecule has 2 aromatic heterocycles. The minimum Gasteiger partial charge on any atom is -0.493 e. The van der Waals surface area contributed by atoms with E-state index < -0.39 is 57.6 Å². The van der Waals surface area contributed by atoms with Crippen molar-refractivity contribution in [2.75, 3.05) is 24.7 Å². The number of fused-ring (bicyclic) bond motifs is 1. The lowest BCUT2D eigenvalue weighted by atomic mass is 10.0. The quantitative estimate of drug-likeness (QED) is 0.0894. The fraction of sp³-hybridized carbons (Fsp3) is 0.316. The first-order valence-corrected chi connectivity index (χ1v) is 20.8. The predicted octanol–water partition coefficient (Wildman–Crippen LogP) is 2.70. The number of hydrogen-bond donors (Lipinski definition) is 4. The van der Waals surface area contributed by atoms with Gasteiger partial charge in [0.15, 0.2) is 5.13 Å². The van der Waals surface area contributed by atoms with Gasteiger partial charge in [0.1, 0.15) is 17.8 Å². The van der Waals surface area contributed by atoms with Gasteiger partial charge in [-0.25, -0.2) is 13.4 Å². The Morgan fingerprint density at radius 1 is 1.00 bits per heavy atom. The fourth-order valence-corrected chi connectivity index (χ4v) is 7.61. The van der Waals surface area contributed by atoms with Gasteiger partial charge in [0, 0.05) is 42.7 Å². The third-order valence-electron chi connectivity index (χ3n) is 9.22. The zero-order valence-corrected chi connectivity index (χ0v) is 32.3. The van der Waals surface area contributed by atoms with Crippen LogP contribution in [-0.4, -0.2) is 95.1 Å². The molecule has 1 fully saturated rings. The van der Waals surface area contributed by atoms with Crippen molar-refractivity contribution in [3.63, 3.8) is 0 Å². The maximum atomic E-state index is 13.4. The van der Waals surface area contributed by atoms with Crippen LogP contribution in [0.2, 0.25) is 0 Å². The molecule has 2 atom stereocenters. The molecule has 1 saturated heterocycles. The summed E-state index contributed by atoms with van der Waals surface area (Å²) in [6.07, 6.45) is 4.92. The largest absolute Gasteiger partial charge is 0.493 e. The number of ether oxygens (including phenoxy) is 1. The van der Waals surface area contributed by atoms with E-state index in [2.05, 4.69) is 26.3 Å². The summed E-state index contributed by atoms with van der Waals surface area (Å²) in [6, 6.07) is 13.2. The number of imide groups is 2. The van der Waals surface area contributed by atoms with Crippen LogP contribution in [0.4, 0.5) is 5.13 Å². The minimum absolute atomic E-state index is 0.00166. The summed E-state index contributed by atoms with van der Waals surface area (Å²) in [4.78, 5) is 94.7. The Labute approximate surface area is 331 Å². The first-order valence-electron chi connectivity index (χ1n) is 18.1. The summed E-state index contributed by atoms with van der Waals surface area (Å²) in [5.74, 6) is -3.79. The summed E-state index contributed by atoms with van der Waals surface area (Å²) in [7, 11) is -3.62. The zero-order chi connectivity index (χ0) is 40.7. The first-order chi connectivity index (χ1) is 27.3. The SMILES string of the molecule is CS(=O)(=O)n1ccc(C(=O)N[C@@H](CCCCNC(=O)CCCOc2cccc3c2C(=O)N(C2CCC(=O)NC2=O)C3=O)C(=O)Nc2nc(-c3ccccc3)cs2)c1. The summed E-state index contributed by atoms with van der Waals surface area (Å²) in [5.41, 5.74) is 1.72. The number of hydrogen-bond acceptors (Lipinski definition) is 12. The van der Waals surface area contributed by atoms with E-state index in [0.717, 1.165) is 26.9 Å². The van der Waals surface area contributed by atoms with Gasteiger partial charge < -0.3 is 20.7 Å². The van der Waals surface area contributed by atoms with Crippen molar-refractivity contribution in [2.24, 2.45) is 0 Å². The molecule has 298 valence electrons. The molecule has 4 N–H and O–H groups in total. The van der Waals surface area contributed by atoms with E-state index in [9.17, 15) is 42.0 Å². The van der Waals surface area contributed by atoms with Gasteiger partial charge in [-0.1, -0.05) is 36.4 Å². The third kappa shape index (κ3) is 9.79. The number of amides is 7. The van der Waals surface area contributed by atoms with Crippen LogP contribution < -0.4 is 26.0 Å². The standard InChI is InChI=1S/C38H39N7O10S2/c1-57(53,54)44-19-17-24(21-44)33(48)40-26(34(49)43-38-41-27(22-56-38)23-9-3-2-4-10-23)12-5-6-18-39-30(46)14-8-20-55-29-13-7-11-25-32(29)37(52)45(36(25)51)28-15-16-31(47)42-35(28)50/h2-4,7,9-11,13,17,19,21-22,26,28H,5-6,8,12,14-16,18,20H2,1H3,(H,39,46)(H,40,48)(H,41,43,49)(H,42,47,50)/t26-,28?/m0/s1. The topological polar surface area (TPSA) is 232 Å². The molecule has 6 rings (SSSR count). The average molecular weight is 818 g/mol. The lowest BCUT2D eigenvalue weighted by Crippen LogP contribution is -2.54. The number of piperidine rings is 1. The lowest BCUT2D eigenvalue weighted by molar-refractivity contribution is -0.136. The van der Waals surface area contributed by atoms with Gasteiger partial charge in [-0.15, -0.1) is 11.3 Å². The second-order valence-corrected chi connectivity index (χ2v) is 16.1. The van der Waals surface area contributed by atoms with E-state index in [1.807, 2.05) is 30.3 Å². The van der Waals surface area contributed by atoms with Gasteiger partial charge in [-0.05, 0) is 50.3 Å². The highest BCUT2D eigenvalue weighted by Crippen LogP contribution is 2.34. The van der Waals surface area contributed by atoms with Crippen molar-refractivity contribution < 1.29 is 46.7 Å². The van der Waals surface area contributed by atoms with Crippen molar-refractivity contribution in [2.45, 2.75) is 57.0 Å². The number of carbonyl (C=O) groups excluding carboxylic acids is 7. The van der Waals surface area contributed by atoms with Crippen LogP contribution in [0.1, 0.15) is 76.0 Å². The Bertz CT molecular complexity index is 2320. The molecule has 19 heteroatoms. The van der Waals surface area contributed by atoms with Crippen molar-refractivity contribution in [1.82, 2.24) is 29.8 Å². The van der Waals surface area contributed by atoms with Crippen LogP contribution in [0.5, 0.6) is 5.75 Å². The molecule has 0 radical (unpaired) electrons. The summed E-state index contributed by atoms with van der Waals surface area (Å²) in [5, 5.41) is 12.6. The molecule has 0 bridgehead atoms. The average Bonchev–Trinajstić information content (AvgIpc) is 3.93. The fourth-order valence-electron chi connectivity index (χ4n) is 6.30. The third-order valence-corrected chi connectivity index (χ3v) is 11.0. The maximum Gasteiger partial charge on any atom is 0.266 e. The number of benzene rings is 2. The highest BCUT2D eigenvalue weighted by Gasteiger charge is 2.46. The molecule has 2 aliphatic heterocycles. The molecule has 0 aliphatic carbocycles. The molecule has 1 unspecified atom stereocenters. The molecule has 2 aromatic carbocycles. The van der Waals surface area contributed by atoms with Gasteiger partial charge in [0.05, 0.1) is 35.2 Å². The van der Waals surface area contributed by atoms with Crippen molar-refractivity contribution in [3.8, 4) is 17.0 Å². The van der Waals surface area contributed by atoms with E-state index in [1.165, 1.54) is 35.7 Å². The Morgan fingerprint density at radius 3 is 2.53 bits per heavy atom. The highest BCUT2D eigenvalue weighted by molar-refractivity contribution is 7.89. The number of nitrogens with zero attached hydrogens (tertiary/aromatic N) is 3. The van der Waals surface area contributed by atoms with Crippen LogP contribution >= 0.6 is 11.3 Å². The number of rotatable bonds is 17. The Morgan fingerprint density at radius 2 is 1.79 bits per heavy atom. The normalized spacial score (nSPS) is 15.8. The second-order valence-electron chi connectivity index (χ2n) is 13.3. The summed E-state index contributed by atoms with van der Waals surface area (Å²) in [6.45, 7) is 0.338. The number of aromatic nitrogens is 2. The lowest BCUT2D eigenvalue weighted by Gasteiger charge is -2.27. The van der Waals surface area contributed by atoms with Crippen molar-refractivity contribution in [1.29, 1.82) is 0 Å². The monoisotopic (exact) mass is 817 g/mol. The smallest absolute Gasteiger partial charge is 0.266 e. The number of thiazole rings is 1. The zero-order valence-electron chi connectivity index (χ0n) is 30.7. The van der Waals surface area contributed by atoms with E-state index in [0.29, 0.717) is 23.7 Å². The molecule has 2 aliphatic rings. The molecule has 7 amide bonds. The first kappa shape index (κ1) is 40.5. The van der Waals surface area contributed by atoms with Gasteiger partial charge in [0.25, 0.3) is 17.7 Å². The van der Waals surface area contributed by atoms with Crippen LogP contribution in [0.3, 0.4) is 0 Å². The van der Waals surface area contributed by atoms with Crippen molar-refractivity contribution >= 4 is 67.8 Å². The molecular weight excluding hydrogens is 779 g/mol. The van der Waals surface area contributed by atoms with Gasteiger partial charge >= 0.3 is 0 Å². The predicted molar refractivity (Wildman–Crippen MR) is 207 cm³/mol. The number of nitrogens with one attached hydrogen (secondary N) is 4. The number of carbonyl (C=O) groups is 7. The van der Waals surface area contributed by atoms with Crippen LogP contribution in [-0.2, 0) is 29.2 Å². The number of anilines is 1. The van der Waals surface area contributed by atoms with Gasteiger partial charge in [-0.2, -0.15) is 0 Å². The molecule has 4 heterocycles. The van der Waals surface area contributed by atoms with E-state index in [-0.39, 0.29) is 73.6 Å². The molecule has 17 nitrogen and oxygen atoms in total. The molecule has 57 heavy (non-hydrogen) atoms. The van der Waals surface area contributed by atoms with E-state index in [1.54, 1.807) is 11.4 Å².